The summed E-state index contributed by atoms with van der Waals surface area (Å²) in [6.45, 7) is 5.69. The van der Waals surface area contributed by atoms with E-state index >= 15 is 0 Å². The van der Waals surface area contributed by atoms with E-state index < -0.39 is 0 Å². The second-order valence-corrected chi connectivity index (χ2v) is 7.72. The average molecular weight is 356 g/mol. The summed E-state index contributed by atoms with van der Waals surface area (Å²) in [5.41, 5.74) is 5.40. The number of benzene rings is 3. The Hall–Kier alpha value is -2.38. The molecule has 1 heteroatoms. The van der Waals surface area contributed by atoms with E-state index in [9.17, 15) is 0 Å². The molecule has 0 spiro atoms. The third-order valence-electron chi connectivity index (χ3n) is 6.07. The molecule has 0 N–H and O–H groups in total. The number of hydrogen-bond donors (Lipinski definition) is 0. The molecule has 3 aromatic carbocycles. The molecule has 0 aromatic heterocycles. The van der Waals surface area contributed by atoms with Gasteiger partial charge in [0.25, 0.3) is 0 Å². The fourth-order valence-electron chi connectivity index (χ4n) is 4.78. The Kier molecular flexibility index (Phi) is 5.13. The zero-order valence-corrected chi connectivity index (χ0v) is 16.4. The molecule has 1 aliphatic rings. The van der Waals surface area contributed by atoms with Gasteiger partial charge in [0.2, 0.25) is 0 Å². The lowest BCUT2D eigenvalue weighted by molar-refractivity contribution is 0.114. The molecule has 1 nitrogen and oxygen atoms in total. The molecule has 0 radical (unpaired) electrons. The van der Waals surface area contributed by atoms with Gasteiger partial charge in [0.1, 0.15) is 0 Å². The van der Waals surface area contributed by atoms with Crippen LogP contribution in [0.5, 0.6) is 0 Å². The Labute approximate surface area is 163 Å². The van der Waals surface area contributed by atoms with Crippen molar-refractivity contribution in [2.24, 2.45) is 0 Å². The van der Waals surface area contributed by atoms with Crippen molar-refractivity contribution in [3.63, 3.8) is 0 Å². The van der Waals surface area contributed by atoms with E-state index in [1.54, 1.807) is 0 Å². The third kappa shape index (κ3) is 3.00. The number of rotatable bonds is 6. The Balaban J connectivity index is 1.97. The molecule has 3 aromatic rings. The summed E-state index contributed by atoms with van der Waals surface area (Å²) in [5.74, 6) is 0. The van der Waals surface area contributed by atoms with Crippen LogP contribution in [-0.2, 0) is 12.1 Å². The zero-order chi connectivity index (χ0) is 18.7. The molecular weight excluding hydrogens is 326 g/mol. The molecule has 0 aliphatic carbocycles. The van der Waals surface area contributed by atoms with Crippen molar-refractivity contribution in [1.29, 1.82) is 0 Å². The van der Waals surface area contributed by atoms with E-state index in [-0.39, 0.29) is 5.54 Å². The first kappa shape index (κ1) is 18.0. The largest absolute Gasteiger partial charge is 0.279 e. The molecule has 27 heavy (non-hydrogen) atoms. The summed E-state index contributed by atoms with van der Waals surface area (Å²) in [5, 5.41) is 0. The van der Waals surface area contributed by atoms with E-state index in [4.69, 9.17) is 0 Å². The first-order chi connectivity index (χ1) is 13.3. The van der Waals surface area contributed by atoms with Crippen LogP contribution in [0.3, 0.4) is 0 Å². The summed E-state index contributed by atoms with van der Waals surface area (Å²) in [7, 11) is 0. The van der Waals surface area contributed by atoms with Crippen molar-refractivity contribution < 1.29 is 0 Å². The summed E-state index contributed by atoms with van der Waals surface area (Å²) in [6, 6.07) is 31.7. The highest BCUT2D eigenvalue weighted by molar-refractivity contribution is 5.55. The molecule has 1 atom stereocenters. The predicted molar refractivity (Wildman–Crippen MR) is 114 cm³/mol. The highest BCUT2D eigenvalue weighted by Gasteiger charge is 2.49. The van der Waals surface area contributed by atoms with Crippen molar-refractivity contribution in [2.75, 3.05) is 0 Å². The molecule has 138 valence electrons. The van der Waals surface area contributed by atoms with E-state index in [0.29, 0.717) is 6.04 Å². The smallest absolute Gasteiger partial charge is 0.0981 e. The molecule has 0 fully saturated rings. The molecular formula is C26H29N. The third-order valence-corrected chi connectivity index (χ3v) is 6.07. The van der Waals surface area contributed by atoms with Crippen molar-refractivity contribution >= 4 is 0 Å². The van der Waals surface area contributed by atoms with E-state index in [1.807, 2.05) is 0 Å². The van der Waals surface area contributed by atoms with E-state index in [1.165, 1.54) is 41.5 Å². The fourth-order valence-corrected chi connectivity index (χ4v) is 4.78. The molecule has 0 saturated carbocycles. The highest BCUT2D eigenvalue weighted by Crippen LogP contribution is 2.50. The van der Waals surface area contributed by atoms with E-state index in [0.717, 1.165) is 6.54 Å². The van der Waals surface area contributed by atoms with Gasteiger partial charge in [-0.3, -0.25) is 4.90 Å². The van der Waals surface area contributed by atoms with Crippen LogP contribution in [0.4, 0.5) is 0 Å². The van der Waals surface area contributed by atoms with Gasteiger partial charge in [-0.1, -0.05) is 105 Å². The van der Waals surface area contributed by atoms with Crippen molar-refractivity contribution in [1.82, 2.24) is 4.90 Å². The lowest BCUT2D eigenvalue weighted by Gasteiger charge is -2.44. The molecule has 1 aliphatic heterocycles. The van der Waals surface area contributed by atoms with Gasteiger partial charge in [-0.15, -0.1) is 0 Å². The Bertz CT molecular complexity index is 829. The van der Waals surface area contributed by atoms with Gasteiger partial charge in [-0.2, -0.15) is 0 Å². The fraction of sp³-hybridized carbons (Fsp3) is 0.308. The van der Waals surface area contributed by atoms with Crippen LogP contribution in [0.1, 0.15) is 55.4 Å². The van der Waals surface area contributed by atoms with Crippen LogP contribution in [0.15, 0.2) is 84.9 Å². The van der Waals surface area contributed by atoms with Crippen LogP contribution < -0.4 is 0 Å². The van der Waals surface area contributed by atoms with Gasteiger partial charge in [0.15, 0.2) is 0 Å². The van der Waals surface area contributed by atoms with Gasteiger partial charge >= 0.3 is 0 Å². The number of unbranched alkanes of at least 4 members (excludes halogenated alkanes) is 1. The molecule has 0 bridgehead atoms. The van der Waals surface area contributed by atoms with Gasteiger partial charge in [-0.05, 0) is 35.6 Å². The van der Waals surface area contributed by atoms with Crippen LogP contribution in [0, 0.1) is 0 Å². The first-order valence-electron chi connectivity index (χ1n) is 10.2. The van der Waals surface area contributed by atoms with Crippen molar-refractivity contribution in [3.05, 3.63) is 107 Å². The maximum atomic E-state index is 2.73. The SMILES string of the molecule is CCCC[C@@H](C)N1Cc2ccccc2C1(c1ccccc1)c1ccccc1. The van der Waals surface area contributed by atoms with Crippen LogP contribution in [0.2, 0.25) is 0 Å². The maximum Gasteiger partial charge on any atom is 0.0981 e. The van der Waals surface area contributed by atoms with E-state index in [2.05, 4.69) is 104 Å². The second-order valence-electron chi connectivity index (χ2n) is 7.72. The van der Waals surface area contributed by atoms with Gasteiger partial charge in [0.05, 0.1) is 5.54 Å². The van der Waals surface area contributed by atoms with Crippen molar-refractivity contribution in [3.8, 4) is 0 Å². The normalized spacial score (nSPS) is 16.8. The summed E-state index contributed by atoms with van der Waals surface area (Å²) in [6.07, 6.45) is 3.74. The monoisotopic (exact) mass is 355 g/mol. The summed E-state index contributed by atoms with van der Waals surface area (Å²) < 4.78 is 0. The lowest BCUT2D eigenvalue weighted by atomic mass is 9.76. The minimum absolute atomic E-state index is 0.216. The van der Waals surface area contributed by atoms with Crippen molar-refractivity contribution in [2.45, 2.75) is 51.2 Å². The summed E-state index contributed by atoms with van der Waals surface area (Å²) in [4.78, 5) is 2.73. The molecule has 0 saturated heterocycles. The molecule has 4 rings (SSSR count). The topological polar surface area (TPSA) is 3.24 Å². The minimum atomic E-state index is -0.216. The predicted octanol–water partition coefficient (Wildman–Crippen LogP) is 6.37. The van der Waals surface area contributed by atoms with Gasteiger partial charge in [-0.25, -0.2) is 0 Å². The van der Waals surface area contributed by atoms with Crippen LogP contribution in [-0.4, -0.2) is 10.9 Å². The van der Waals surface area contributed by atoms with Gasteiger partial charge in [0, 0.05) is 12.6 Å². The quantitative estimate of drug-likeness (QED) is 0.496. The maximum absolute atomic E-state index is 2.73. The second kappa shape index (κ2) is 7.70. The number of nitrogens with zero attached hydrogens (tertiary/aromatic N) is 1. The molecule has 1 heterocycles. The Morgan fingerprint density at radius 1 is 0.815 bits per heavy atom. The summed E-state index contributed by atoms with van der Waals surface area (Å²) >= 11 is 0. The minimum Gasteiger partial charge on any atom is -0.279 e. The van der Waals surface area contributed by atoms with Crippen LogP contribution >= 0.6 is 0 Å². The molecule has 0 amide bonds. The highest BCUT2D eigenvalue weighted by atomic mass is 15.2. The zero-order valence-electron chi connectivity index (χ0n) is 16.4. The lowest BCUT2D eigenvalue weighted by Crippen LogP contribution is -2.47. The Morgan fingerprint density at radius 2 is 1.37 bits per heavy atom. The average Bonchev–Trinajstić information content (AvgIpc) is 3.09. The first-order valence-corrected chi connectivity index (χ1v) is 10.2. The molecule has 0 unspecified atom stereocenters. The van der Waals surface area contributed by atoms with Crippen LogP contribution in [0.25, 0.3) is 0 Å². The number of fused-ring (bicyclic) bond motifs is 1. The number of hydrogen-bond acceptors (Lipinski definition) is 1. The Morgan fingerprint density at radius 3 is 1.96 bits per heavy atom. The van der Waals surface area contributed by atoms with Gasteiger partial charge < -0.3 is 0 Å². The standard InChI is InChI=1S/C26H29N/c1-3-4-13-21(2)27-20-22-14-11-12-19-25(22)26(27,23-15-7-5-8-16-23)24-17-9-6-10-18-24/h5-12,14-19,21H,3-4,13,20H2,1-2H3/t21-/m1/s1.